The molecule has 3 heteroatoms. The summed E-state index contributed by atoms with van der Waals surface area (Å²) in [5.41, 5.74) is 4.87. The molecule has 3 rings (SSSR count). The fraction of sp³-hybridized carbons (Fsp3) is 0.579. The van der Waals surface area contributed by atoms with E-state index in [1.54, 1.807) is 11.1 Å². The van der Waals surface area contributed by atoms with Gasteiger partial charge < -0.3 is 5.32 Å². The molecule has 0 spiro atoms. The van der Waals surface area contributed by atoms with E-state index in [1.165, 1.54) is 24.8 Å². The van der Waals surface area contributed by atoms with Gasteiger partial charge in [-0.15, -0.1) is 0 Å². The van der Waals surface area contributed by atoms with Crippen molar-refractivity contribution >= 4 is 17.2 Å². The fourth-order valence-electron chi connectivity index (χ4n) is 3.79. The molecule has 0 atom stereocenters. The van der Waals surface area contributed by atoms with Crippen LogP contribution in [0.5, 0.6) is 0 Å². The van der Waals surface area contributed by atoms with Crippen LogP contribution in [0.3, 0.4) is 0 Å². The van der Waals surface area contributed by atoms with Crippen LogP contribution >= 0.6 is 11.6 Å². The second-order valence-electron chi connectivity index (χ2n) is 7.23. The molecule has 1 aliphatic heterocycles. The number of hydrogen-bond donors (Lipinski definition) is 1. The van der Waals surface area contributed by atoms with Crippen LogP contribution in [0.25, 0.3) is 5.57 Å². The summed E-state index contributed by atoms with van der Waals surface area (Å²) in [4.78, 5) is 2.61. The van der Waals surface area contributed by atoms with Crippen molar-refractivity contribution in [3.8, 4) is 0 Å². The van der Waals surface area contributed by atoms with Gasteiger partial charge in [0, 0.05) is 37.7 Å². The molecule has 22 heavy (non-hydrogen) atoms. The molecule has 1 fully saturated rings. The average Bonchev–Trinajstić information content (AvgIpc) is 2.51. The Morgan fingerprint density at radius 3 is 2.50 bits per heavy atom. The summed E-state index contributed by atoms with van der Waals surface area (Å²) in [5.74, 6) is 0. The molecular weight excluding hydrogens is 292 g/mol. The Labute approximate surface area is 139 Å². The normalized spacial score (nSPS) is 22.9. The van der Waals surface area contributed by atoms with E-state index >= 15 is 0 Å². The minimum atomic E-state index is 0.304. The van der Waals surface area contributed by atoms with Gasteiger partial charge in [-0.2, -0.15) is 0 Å². The molecule has 2 nitrogen and oxygen atoms in total. The lowest BCUT2D eigenvalue weighted by atomic mass is 9.71. The number of halogens is 1. The first-order valence-corrected chi connectivity index (χ1v) is 8.85. The van der Waals surface area contributed by atoms with Gasteiger partial charge in [0.1, 0.15) is 0 Å². The van der Waals surface area contributed by atoms with E-state index in [0.29, 0.717) is 5.41 Å². The van der Waals surface area contributed by atoms with Gasteiger partial charge in [-0.05, 0) is 53.5 Å². The maximum atomic E-state index is 6.07. The number of rotatable bonds is 3. The third-order valence-electron chi connectivity index (χ3n) is 5.19. The highest BCUT2D eigenvalue weighted by Gasteiger charge is 2.31. The Kier molecular flexibility index (Phi) is 4.91. The van der Waals surface area contributed by atoms with Gasteiger partial charge in [0.05, 0.1) is 0 Å². The summed E-state index contributed by atoms with van der Waals surface area (Å²) < 4.78 is 0. The molecule has 1 saturated heterocycles. The van der Waals surface area contributed by atoms with Crippen LogP contribution < -0.4 is 5.32 Å². The lowest BCUT2D eigenvalue weighted by molar-refractivity contribution is 0.235. The van der Waals surface area contributed by atoms with Gasteiger partial charge >= 0.3 is 0 Å². The molecule has 0 radical (unpaired) electrons. The van der Waals surface area contributed by atoms with Crippen LogP contribution in [0.1, 0.15) is 38.7 Å². The summed E-state index contributed by atoms with van der Waals surface area (Å²) in [5, 5.41) is 4.27. The summed E-state index contributed by atoms with van der Waals surface area (Å²) in [7, 11) is 0. The van der Waals surface area contributed by atoms with E-state index in [4.69, 9.17) is 11.6 Å². The van der Waals surface area contributed by atoms with Gasteiger partial charge in [-0.25, -0.2) is 0 Å². The van der Waals surface area contributed by atoms with E-state index in [0.717, 1.165) is 37.7 Å². The molecule has 0 saturated carbocycles. The Morgan fingerprint density at radius 1 is 1.14 bits per heavy atom. The minimum Gasteiger partial charge on any atom is -0.314 e. The molecule has 0 amide bonds. The van der Waals surface area contributed by atoms with E-state index in [-0.39, 0.29) is 0 Å². The number of allylic oxidation sites excluding steroid dienone is 1. The van der Waals surface area contributed by atoms with Crippen LogP contribution in [0.15, 0.2) is 29.8 Å². The van der Waals surface area contributed by atoms with Gasteiger partial charge in [-0.3, -0.25) is 4.90 Å². The van der Waals surface area contributed by atoms with Crippen LogP contribution in [0.2, 0.25) is 5.02 Å². The molecule has 1 aromatic carbocycles. The maximum absolute atomic E-state index is 6.07. The first kappa shape index (κ1) is 16.0. The largest absolute Gasteiger partial charge is 0.314 e. The zero-order valence-electron chi connectivity index (χ0n) is 13.8. The molecule has 0 aromatic heterocycles. The average molecular weight is 319 g/mol. The van der Waals surface area contributed by atoms with Crippen LogP contribution in [0, 0.1) is 5.41 Å². The standard InChI is InChI=1S/C19H27ClN2/c1-19(2)9-3-4-17(15-5-7-16(20)8-6-15)18(19)14-22-12-10-21-11-13-22/h5-8,21H,3-4,9-14H2,1-2H3. The molecule has 1 aromatic rings. The first-order valence-electron chi connectivity index (χ1n) is 8.48. The number of nitrogens with zero attached hydrogens (tertiary/aromatic N) is 1. The predicted molar refractivity (Wildman–Crippen MR) is 95.3 cm³/mol. The monoisotopic (exact) mass is 318 g/mol. The van der Waals surface area contributed by atoms with Crippen molar-refractivity contribution in [1.82, 2.24) is 10.2 Å². The quantitative estimate of drug-likeness (QED) is 0.898. The van der Waals surface area contributed by atoms with Crippen molar-refractivity contribution in [1.29, 1.82) is 0 Å². The summed E-state index contributed by atoms with van der Waals surface area (Å²) in [6.45, 7) is 10.5. The van der Waals surface area contributed by atoms with E-state index in [2.05, 4.69) is 36.2 Å². The zero-order chi connectivity index (χ0) is 15.6. The van der Waals surface area contributed by atoms with Crippen molar-refractivity contribution in [2.75, 3.05) is 32.7 Å². The highest BCUT2D eigenvalue weighted by Crippen LogP contribution is 2.44. The van der Waals surface area contributed by atoms with Gasteiger partial charge in [0.2, 0.25) is 0 Å². The lowest BCUT2D eigenvalue weighted by Gasteiger charge is -2.39. The molecule has 1 N–H and O–H groups in total. The number of hydrogen-bond acceptors (Lipinski definition) is 2. The lowest BCUT2D eigenvalue weighted by Crippen LogP contribution is -2.45. The summed E-state index contributed by atoms with van der Waals surface area (Å²) in [6, 6.07) is 8.43. The summed E-state index contributed by atoms with van der Waals surface area (Å²) >= 11 is 6.07. The number of nitrogens with one attached hydrogen (secondary N) is 1. The van der Waals surface area contributed by atoms with Crippen molar-refractivity contribution in [3.05, 3.63) is 40.4 Å². The second-order valence-corrected chi connectivity index (χ2v) is 7.66. The maximum Gasteiger partial charge on any atom is 0.0406 e. The molecule has 0 bridgehead atoms. The van der Waals surface area contributed by atoms with Crippen LogP contribution in [-0.2, 0) is 0 Å². The van der Waals surface area contributed by atoms with Crippen molar-refractivity contribution in [3.63, 3.8) is 0 Å². The fourth-order valence-corrected chi connectivity index (χ4v) is 3.92. The summed E-state index contributed by atoms with van der Waals surface area (Å²) in [6.07, 6.45) is 3.79. The van der Waals surface area contributed by atoms with Crippen molar-refractivity contribution in [2.24, 2.45) is 5.41 Å². The molecule has 1 heterocycles. The molecule has 2 aliphatic rings. The number of benzene rings is 1. The highest BCUT2D eigenvalue weighted by atomic mass is 35.5. The van der Waals surface area contributed by atoms with E-state index in [1.807, 2.05) is 12.1 Å². The molecule has 0 unspecified atom stereocenters. The number of piperazine rings is 1. The molecule has 120 valence electrons. The van der Waals surface area contributed by atoms with Gasteiger partial charge in [0.25, 0.3) is 0 Å². The molecule has 1 aliphatic carbocycles. The zero-order valence-corrected chi connectivity index (χ0v) is 14.5. The van der Waals surface area contributed by atoms with Crippen molar-refractivity contribution < 1.29 is 0 Å². The third kappa shape index (κ3) is 3.56. The Hall–Kier alpha value is -0.830. The Balaban J connectivity index is 1.93. The van der Waals surface area contributed by atoms with Crippen molar-refractivity contribution in [2.45, 2.75) is 33.1 Å². The van der Waals surface area contributed by atoms with E-state index in [9.17, 15) is 0 Å². The SMILES string of the molecule is CC1(C)CCCC(c2ccc(Cl)cc2)=C1CN1CCNCC1. The predicted octanol–water partition coefficient (Wildman–Crippen LogP) is 4.21. The van der Waals surface area contributed by atoms with Crippen LogP contribution in [0.4, 0.5) is 0 Å². The van der Waals surface area contributed by atoms with Gasteiger partial charge in [-0.1, -0.05) is 37.6 Å². The highest BCUT2D eigenvalue weighted by molar-refractivity contribution is 6.30. The smallest absolute Gasteiger partial charge is 0.0406 e. The molecular formula is C19H27ClN2. The first-order chi connectivity index (χ1) is 10.6. The van der Waals surface area contributed by atoms with Gasteiger partial charge in [0.15, 0.2) is 0 Å². The van der Waals surface area contributed by atoms with E-state index < -0.39 is 0 Å². The minimum absolute atomic E-state index is 0.304. The third-order valence-corrected chi connectivity index (χ3v) is 5.45. The Bertz CT molecular complexity index is 539. The second kappa shape index (κ2) is 6.74. The van der Waals surface area contributed by atoms with Crippen LogP contribution in [-0.4, -0.2) is 37.6 Å². The topological polar surface area (TPSA) is 15.3 Å². The Morgan fingerprint density at radius 2 is 1.82 bits per heavy atom.